The van der Waals surface area contributed by atoms with Gasteiger partial charge in [0.05, 0.1) is 6.54 Å². The minimum atomic E-state index is -3.63. The van der Waals surface area contributed by atoms with Crippen LogP contribution in [0.5, 0.6) is 0 Å². The normalized spacial score (nSPS) is 11.4. The molecule has 1 rings (SSSR count). The Labute approximate surface area is 118 Å². The first kappa shape index (κ1) is 16.3. The lowest BCUT2D eigenvalue weighted by molar-refractivity contribution is -0.115. The summed E-state index contributed by atoms with van der Waals surface area (Å²) in [5.74, 6) is -0.562. The third-order valence-electron chi connectivity index (χ3n) is 2.47. The number of hydrogen-bond donors (Lipinski definition) is 2. The second-order valence-electron chi connectivity index (χ2n) is 4.29. The number of rotatable bonds is 6. The number of amides is 1. The molecular weight excluding hydrogens is 282 g/mol. The zero-order valence-corrected chi connectivity index (χ0v) is 12.3. The number of anilines is 1. The van der Waals surface area contributed by atoms with E-state index in [9.17, 15) is 18.0 Å². The summed E-state index contributed by atoms with van der Waals surface area (Å²) < 4.78 is 25.9. The van der Waals surface area contributed by atoms with Crippen molar-refractivity contribution < 1.29 is 18.0 Å². The van der Waals surface area contributed by atoms with Crippen molar-refractivity contribution in [3.63, 3.8) is 0 Å². The first-order chi connectivity index (χ1) is 9.22. The maximum absolute atomic E-state index is 11.6. The van der Waals surface area contributed by atoms with E-state index in [4.69, 9.17) is 0 Å². The van der Waals surface area contributed by atoms with Crippen LogP contribution in [0.1, 0.15) is 17.3 Å². The molecule has 0 bridgehead atoms. The standard InChI is InChI=1S/C12H17N3O4S/c1-9(16)10-4-6-11(7-5-10)14-12(17)8-13-20(18,19)15(2)3/h4-7,13H,8H2,1-3H3,(H,14,17). The topological polar surface area (TPSA) is 95.6 Å². The highest BCUT2D eigenvalue weighted by Crippen LogP contribution is 2.09. The van der Waals surface area contributed by atoms with E-state index in [1.807, 2.05) is 0 Å². The molecule has 0 aliphatic rings. The minimum Gasteiger partial charge on any atom is -0.325 e. The maximum Gasteiger partial charge on any atom is 0.279 e. The molecule has 110 valence electrons. The van der Waals surface area contributed by atoms with Crippen LogP contribution in [0.15, 0.2) is 24.3 Å². The number of carbonyl (C=O) groups is 2. The van der Waals surface area contributed by atoms with Gasteiger partial charge in [-0.3, -0.25) is 9.59 Å². The zero-order chi connectivity index (χ0) is 15.3. The number of nitrogens with one attached hydrogen (secondary N) is 2. The van der Waals surface area contributed by atoms with Crippen LogP contribution in [0.25, 0.3) is 0 Å². The highest BCUT2D eigenvalue weighted by molar-refractivity contribution is 7.87. The second kappa shape index (κ2) is 6.60. The Morgan fingerprint density at radius 1 is 1.15 bits per heavy atom. The number of carbonyl (C=O) groups excluding carboxylic acids is 2. The predicted molar refractivity (Wildman–Crippen MR) is 75.7 cm³/mol. The molecule has 0 saturated heterocycles. The van der Waals surface area contributed by atoms with Crippen LogP contribution in [-0.4, -0.2) is 45.1 Å². The van der Waals surface area contributed by atoms with E-state index in [0.717, 1.165) is 4.31 Å². The van der Waals surface area contributed by atoms with Gasteiger partial charge in [0, 0.05) is 25.3 Å². The first-order valence-corrected chi connectivity index (χ1v) is 7.24. The monoisotopic (exact) mass is 299 g/mol. The van der Waals surface area contributed by atoms with E-state index in [-0.39, 0.29) is 12.3 Å². The van der Waals surface area contributed by atoms with E-state index in [1.54, 1.807) is 24.3 Å². The van der Waals surface area contributed by atoms with Gasteiger partial charge in [0.15, 0.2) is 5.78 Å². The van der Waals surface area contributed by atoms with Gasteiger partial charge in [-0.2, -0.15) is 17.4 Å². The summed E-state index contributed by atoms with van der Waals surface area (Å²) in [4.78, 5) is 22.7. The molecule has 0 saturated carbocycles. The lowest BCUT2D eigenvalue weighted by atomic mass is 10.1. The summed E-state index contributed by atoms with van der Waals surface area (Å²) in [6.45, 7) is 1.08. The van der Waals surface area contributed by atoms with Gasteiger partial charge >= 0.3 is 0 Å². The van der Waals surface area contributed by atoms with Crippen molar-refractivity contribution in [1.82, 2.24) is 9.03 Å². The van der Waals surface area contributed by atoms with Crippen LogP contribution < -0.4 is 10.0 Å². The molecule has 0 aromatic heterocycles. The molecule has 2 N–H and O–H groups in total. The Balaban J connectivity index is 2.57. The Bertz CT molecular complexity index is 594. The summed E-state index contributed by atoms with van der Waals surface area (Å²) in [6, 6.07) is 6.33. The molecule has 0 heterocycles. The fraction of sp³-hybridized carbons (Fsp3) is 0.333. The van der Waals surface area contributed by atoms with Crippen LogP contribution in [0, 0.1) is 0 Å². The third-order valence-corrected chi connectivity index (χ3v) is 3.94. The summed E-state index contributed by atoms with van der Waals surface area (Å²) >= 11 is 0. The van der Waals surface area contributed by atoms with Gasteiger partial charge in [-0.05, 0) is 31.2 Å². The van der Waals surface area contributed by atoms with Gasteiger partial charge < -0.3 is 5.32 Å². The quantitative estimate of drug-likeness (QED) is 0.735. The van der Waals surface area contributed by atoms with E-state index in [0.29, 0.717) is 11.3 Å². The molecule has 8 heteroatoms. The molecular formula is C12H17N3O4S. The van der Waals surface area contributed by atoms with Crippen LogP contribution in [-0.2, 0) is 15.0 Å². The molecule has 0 spiro atoms. The highest BCUT2D eigenvalue weighted by Gasteiger charge is 2.14. The molecule has 0 atom stereocenters. The summed E-state index contributed by atoms with van der Waals surface area (Å²) in [5, 5.41) is 2.52. The predicted octanol–water partition coefficient (Wildman–Crippen LogP) is 0.224. The number of Topliss-reactive ketones (excluding diaryl/α,β-unsaturated/α-hetero) is 1. The summed E-state index contributed by atoms with van der Waals surface area (Å²) in [7, 11) is -0.902. The SMILES string of the molecule is CC(=O)c1ccc(NC(=O)CNS(=O)(=O)N(C)C)cc1. The van der Waals surface area contributed by atoms with E-state index < -0.39 is 16.1 Å². The van der Waals surface area contributed by atoms with Crippen molar-refractivity contribution in [2.24, 2.45) is 0 Å². The van der Waals surface area contributed by atoms with Gasteiger partial charge in [-0.25, -0.2) is 0 Å². The average molecular weight is 299 g/mol. The van der Waals surface area contributed by atoms with E-state index in [2.05, 4.69) is 10.0 Å². The largest absolute Gasteiger partial charge is 0.325 e. The van der Waals surface area contributed by atoms with Crippen LogP contribution in [0.2, 0.25) is 0 Å². The van der Waals surface area contributed by atoms with Crippen LogP contribution >= 0.6 is 0 Å². The molecule has 1 aromatic carbocycles. The number of benzene rings is 1. The fourth-order valence-corrected chi connectivity index (χ4v) is 1.85. The van der Waals surface area contributed by atoms with Crippen molar-refractivity contribution in [2.75, 3.05) is 26.0 Å². The van der Waals surface area contributed by atoms with Gasteiger partial charge in [0.2, 0.25) is 5.91 Å². The molecule has 20 heavy (non-hydrogen) atoms. The molecule has 0 aliphatic carbocycles. The van der Waals surface area contributed by atoms with Gasteiger partial charge in [-0.1, -0.05) is 0 Å². The number of hydrogen-bond acceptors (Lipinski definition) is 4. The van der Waals surface area contributed by atoms with Crippen molar-refractivity contribution >= 4 is 27.6 Å². The lowest BCUT2D eigenvalue weighted by Crippen LogP contribution is -2.40. The smallest absolute Gasteiger partial charge is 0.279 e. The Morgan fingerprint density at radius 3 is 2.15 bits per heavy atom. The second-order valence-corrected chi connectivity index (χ2v) is 6.26. The van der Waals surface area contributed by atoms with E-state index in [1.165, 1.54) is 21.0 Å². The van der Waals surface area contributed by atoms with Crippen molar-refractivity contribution in [1.29, 1.82) is 0 Å². The molecule has 1 amide bonds. The molecule has 0 unspecified atom stereocenters. The average Bonchev–Trinajstić information content (AvgIpc) is 2.37. The van der Waals surface area contributed by atoms with Crippen molar-refractivity contribution in [2.45, 2.75) is 6.92 Å². The molecule has 0 aliphatic heterocycles. The Kier molecular flexibility index (Phi) is 5.37. The lowest BCUT2D eigenvalue weighted by Gasteiger charge is -2.12. The maximum atomic E-state index is 11.6. The van der Waals surface area contributed by atoms with Gasteiger partial charge in [0.1, 0.15) is 0 Å². The third kappa shape index (κ3) is 4.72. The Morgan fingerprint density at radius 2 is 1.70 bits per heavy atom. The van der Waals surface area contributed by atoms with Crippen LogP contribution in [0.3, 0.4) is 0 Å². The van der Waals surface area contributed by atoms with Crippen molar-refractivity contribution in [3.05, 3.63) is 29.8 Å². The zero-order valence-electron chi connectivity index (χ0n) is 11.5. The van der Waals surface area contributed by atoms with E-state index >= 15 is 0 Å². The summed E-state index contributed by atoms with van der Waals surface area (Å²) in [6.07, 6.45) is 0. The highest BCUT2D eigenvalue weighted by atomic mass is 32.2. The van der Waals surface area contributed by atoms with Crippen molar-refractivity contribution in [3.8, 4) is 0 Å². The molecule has 0 radical (unpaired) electrons. The first-order valence-electron chi connectivity index (χ1n) is 5.80. The number of ketones is 1. The molecule has 1 aromatic rings. The number of nitrogens with zero attached hydrogens (tertiary/aromatic N) is 1. The molecule has 0 fully saturated rings. The van der Waals surface area contributed by atoms with Gasteiger partial charge in [-0.15, -0.1) is 0 Å². The van der Waals surface area contributed by atoms with Gasteiger partial charge in [0.25, 0.3) is 10.2 Å². The molecule has 7 nitrogen and oxygen atoms in total. The minimum absolute atomic E-state index is 0.0679. The fourth-order valence-electron chi connectivity index (χ4n) is 1.28. The van der Waals surface area contributed by atoms with Crippen LogP contribution in [0.4, 0.5) is 5.69 Å². The summed E-state index contributed by atoms with van der Waals surface area (Å²) in [5.41, 5.74) is 1.03. The Hall–Kier alpha value is -1.77.